The van der Waals surface area contributed by atoms with Crippen LogP contribution in [-0.2, 0) is 22.6 Å². The molecule has 0 radical (unpaired) electrons. The number of hydrogen-bond donors (Lipinski definition) is 4. The summed E-state index contributed by atoms with van der Waals surface area (Å²) in [5, 5.41) is 20.8. The summed E-state index contributed by atoms with van der Waals surface area (Å²) >= 11 is 6.33. The lowest BCUT2D eigenvalue weighted by atomic mass is 9.95. The molecule has 0 spiro atoms. The Bertz CT molecular complexity index is 1710. The molecule has 0 fully saturated rings. The summed E-state index contributed by atoms with van der Waals surface area (Å²) in [5.41, 5.74) is 6.30. The Labute approximate surface area is 290 Å². The number of urea groups is 1. The molecule has 12 nitrogen and oxygen atoms in total. The number of amides is 2. The summed E-state index contributed by atoms with van der Waals surface area (Å²) in [6.07, 6.45) is 2.67. The number of methoxy groups -OCH3 is 1. The van der Waals surface area contributed by atoms with Crippen molar-refractivity contribution < 1.29 is 38.4 Å². The van der Waals surface area contributed by atoms with Gasteiger partial charge in [-0.25, -0.2) is 9.59 Å². The highest BCUT2D eigenvalue weighted by molar-refractivity contribution is 6.31. The molecule has 3 aromatic carbocycles. The van der Waals surface area contributed by atoms with Crippen LogP contribution in [0.3, 0.4) is 0 Å². The number of esters is 1. The molecule has 49 heavy (non-hydrogen) atoms. The second-order valence-corrected chi connectivity index (χ2v) is 11.1. The van der Waals surface area contributed by atoms with Gasteiger partial charge in [0.15, 0.2) is 29.2 Å². The van der Waals surface area contributed by atoms with Crippen LogP contribution < -0.4 is 35.0 Å². The van der Waals surface area contributed by atoms with Gasteiger partial charge >= 0.3 is 12.0 Å². The van der Waals surface area contributed by atoms with E-state index in [-0.39, 0.29) is 18.8 Å². The summed E-state index contributed by atoms with van der Waals surface area (Å²) in [4.78, 5) is 24.7. The molecular formula is C36H41ClN4O8. The number of ether oxygens (including phenoxy) is 5. The van der Waals surface area contributed by atoms with Gasteiger partial charge in [0.2, 0.25) is 0 Å². The molecule has 4 rings (SSSR count). The first-order chi connectivity index (χ1) is 23.7. The van der Waals surface area contributed by atoms with E-state index in [0.29, 0.717) is 64.5 Å². The maximum absolute atomic E-state index is 12.5. The molecule has 0 unspecified atom stereocenters. The van der Waals surface area contributed by atoms with Crippen molar-refractivity contribution in [3.05, 3.63) is 106 Å². The van der Waals surface area contributed by atoms with Gasteiger partial charge in [-0.2, -0.15) is 5.10 Å². The van der Waals surface area contributed by atoms with E-state index in [4.69, 9.17) is 35.3 Å². The van der Waals surface area contributed by atoms with Gasteiger partial charge in [0.1, 0.15) is 13.2 Å². The van der Waals surface area contributed by atoms with E-state index in [2.05, 4.69) is 27.7 Å². The third kappa shape index (κ3) is 9.68. The summed E-state index contributed by atoms with van der Waals surface area (Å²) in [6, 6.07) is 15.0. The van der Waals surface area contributed by atoms with Crippen molar-refractivity contribution in [3.63, 3.8) is 0 Å². The smallest absolute Gasteiger partial charge is 0.337 e. The van der Waals surface area contributed by atoms with E-state index in [1.165, 1.54) is 7.11 Å². The number of aliphatic hydroxyl groups excluding tert-OH is 1. The molecular weight excluding hydrogens is 652 g/mol. The van der Waals surface area contributed by atoms with Crippen LogP contribution in [0.4, 0.5) is 4.79 Å². The Morgan fingerprint density at radius 2 is 1.80 bits per heavy atom. The summed E-state index contributed by atoms with van der Waals surface area (Å²) < 4.78 is 28.7. The Hall–Kier alpha value is -5.20. The van der Waals surface area contributed by atoms with E-state index < -0.39 is 24.3 Å². The first kappa shape index (κ1) is 36.6. The van der Waals surface area contributed by atoms with Gasteiger partial charge in [-0.1, -0.05) is 41.9 Å². The average Bonchev–Trinajstić information content (AvgIpc) is 3.08. The van der Waals surface area contributed by atoms with Crippen molar-refractivity contribution in [2.75, 3.05) is 26.9 Å². The molecule has 0 aromatic heterocycles. The van der Waals surface area contributed by atoms with E-state index in [1.807, 2.05) is 44.2 Å². The van der Waals surface area contributed by atoms with Gasteiger partial charge in [0.05, 0.1) is 38.2 Å². The number of allylic oxidation sites excluding steroid dienone is 2. The fourth-order valence-electron chi connectivity index (χ4n) is 5.08. The summed E-state index contributed by atoms with van der Waals surface area (Å²) in [7, 11) is 1.27. The Balaban J connectivity index is 1.44. The third-order valence-electron chi connectivity index (χ3n) is 7.26. The van der Waals surface area contributed by atoms with E-state index in [0.717, 1.165) is 11.1 Å². The van der Waals surface area contributed by atoms with Gasteiger partial charge in [-0.05, 0) is 68.7 Å². The van der Waals surface area contributed by atoms with Crippen LogP contribution in [0.5, 0.6) is 23.0 Å². The number of hydrazone groups is 1. The molecule has 13 heteroatoms. The molecule has 0 saturated heterocycles. The van der Waals surface area contributed by atoms with Gasteiger partial charge in [-0.15, -0.1) is 6.58 Å². The predicted octanol–water partition coefficient (Wildman–Crippen LogP) is 5.57. The summed E-state index contributed by atoms with van der Waals surface area (Å²) in [6.45, 7) is 10.0. The fraction of sp³-hybridized carbons (Fsp3) is 0.306. The van der Waals surface area contributed by atoms with Crippen molar-refractivity contribution in [1.82, 2.24) is 16.1 Å². The minimum absolute atomic E-state index is 0.173. The monoisotopic (exact) mass is 692 g/mol. The maximum Gasteiger partial charge on any atom is 0.337 e. The average molecular weight is 693 g/mol. The minimum atomic E-state index is -1.18. The van der Waals surface area contributed by atoms with Gasteiger partial charge in [0, 0.05) is 21.8 Å². The minimum Gasteiger partial charge on any atom is -0.490 e. The molecule has 4 N–H and O–H groups in total. The van der Waals surface area contributed by atoms with Crippen LogP contribution in [0.2, 0.25) is 5.02 Å². The van der Waals surface area contributed by atoms with Crippen molar-refractivity contribution in [2.24, 2.45) is 5.10 Å². The molecule has 3 aromatic rings. The van der Waals surface area contributed by atoms with Gasteiger partial charge < -0.3 is 39.4 Å². The van der Waals surface area contributed by atoms with Crippen LogP contribution >= 0.6 is 11.6 Å². The zero-order valence-electron chi connectivity index (χ0n) is 27.9. The van der Waals surface area contributed by atoms with E-state index in [1.54, 1.807) is 43.5 Å². The quantitative estimate of drug-likeness (QED) is 0.0469. The number of carbonyl (C=O) groups excluding carboxylic acids is 2. The Kier molecular flexibility index (Phi) is 13.3. The van der Waals surface area contributed by atoms with Crippen molar-refractivity contribution in [2.45, 2.75) is 46.1 Å². The highest BCUT2D eigenvalue weighted by Crippen LogP contribution is 2.36. The van der Waals surface area contributed by atoms with Crippen LogP contribution in [0.15, 0.2) is 83.6 Å². The molecule has 0 aliphatic carbocycles. The lowest BCUT2D eigenvalue weighted by molar-refractivity contribution is -0.136. The largest absolute Gasteiger partial charge is 0.490 e. The van der Waals surface area contributed by atoms with Crippen molar-refractivity contribution in [1.29, 1.82) is 0 Å². The van der Waals surface area contributed by atoms with E-state index >= 15 is 0 Å². The van der Waals surface area contributed by atoms with E-state index in [9.17, 15) is 14.7 Å². The number of rotatable bonds is 17. The number of carbonyl (C=O) groups is 2. The number of hydrogen-bond acceptors (Lipinski definition) is 10. The number of benzene rings is 3. The molecule has 1 aliphatic rings. The Morgan fingerprint density at radius 3 is 2.51 bits per heavy atom. The van der Waals surface area contributed by atoms with Crippen LogP contribution in [0, 0.1) is 0 Å². The zero-order valence-corrected chi connectivity index (χ0v) is 28.6. The molecule has 0 saturated carbocycles. The number of nitrogens with zero attached hydrogens (tertiary/aromatic N) is 1. The second kappa shape index (κ2) is 17.8. The zero-order chi connectivity index (χ0) is 35.3. The van der Waals surface area contributed by atoms with Crippen LogP contribution in [-0.4, -0.2) is 56.5 Å². The maximum atomic E-state index is 12.5. The number of halogens is 1. The van der Waals surface area contributed by atoms with Crippen LogP contribution in [0.1, 0.15) is 49.1 Å². The third-order valence-corrected chi connectivity index (χ3v) is 7.63. The van der Waals surface area contributed by atoms with Crippen LogP contribution in [0.25, 0.3) is 0 Å². The fourth-order valence-corrected chi connectivity index (χ4v) is 5.27. The molecule has 1 heterocycles. The van der Waals surface area contributed by atoms with Gasteiger partial charge in [-0.3, -0.25) is 5.43 Å². The van der Waals surface area contributed by atoms with Crippen molar-refractivity contribution in [3.8, 4) is 23.0 Å². The number of aliphatic hydroxyl groups is 1. The van der Waals surface area contributed by atoms with Crippen molar-refractivity contribution >= 4 is 29.8 Å². The normalized spacial score (nSPS) is 14.8. The molecule has 2 amide bonds. The second-order valence-electron chi connectivity index (χ2n) is 10.7. The molecule has 1 aliphatic heterocycles. The first-order valence-electron chi connectivity index (χ1n) is 15.7. The number of nitrogens with one attached hydrogen (secondary N) is 3. The lowest BCUT2D eigenvalue weighted by Crippen LogP contribution is -2.45. The highest BCUT2D eigenvalue weighted by atomic mass is 35.5. The topological polar surface area (TPSA) is 149 Å². The molecule has 0 bridgehead atoms. The van der Waals surface area contributed by atoms with Gasteiger partial charge in [0.25, 0.3) is 0 Å². The standard InChI is InChI=1S/C36H41ClN4O8/c1-6-11-25-16-23(17-30(47-8-3)34(25)49-20-26-12-9-10-13-27(26)37)19-38-41-31(42)21-48-28-15-14-24(18-29(28)46-7-2)33-32(35(43)45-5)22(4)39-36(44)40-33/h6,9-10,12-19,31,33,41-42H,1,7-8,11,20-21H2,2-5H3,(H2,39,40,44)/b38-19-/t31-,33+/m1/s1. The Morgan fingerprint density at radius 1 is 1.04 bits per heavy atom. The highest BCUT2D eigenvalue weighted by Gasteiger charge is 2.32. The molecule has 2 atom stereocenters. The predicted molar refractivity (Wildman–Crippen MR) is 186 cm³/mol. The SMILES string of the molecule is C=CCc1cc(/C=N\N[C@H](O)COc2ccc([C@@H]3NC(=O)NC(C)=C3C(=O)OC)cc2OCC)cc(OCC)c1OCc1ccccc1Cl. The first-order valence-corrected chi connectivity index (χ1v) is 16.1. The summed E-state index contributed by atoms with van der Waals surface area (Å²) in [5.74, 6) is 1.26. The lowest BCUT2D eigenvalue weighted by Gasteiger charge is -2.28. The molecule has 260 valence electrons.